The standard InChI is InChI=1S/C12H18N4/c1-8-5-11(15-9(2)14-8)16-6-12(13,7-16)10-3-4-10/h5,10H,3-4,6-7,13H2,1-2H3. The number of anilines is 1. The summed E-state index contributed by atoms with van der Waals surface area (Å²) in [7, 11) is 0. The molecule has 0 unspecified atom stereocenters. The number of aryl methyl sites for hydroxylation is 2. The van der Waals surface area contributed by atoms with Gasteiger partial charge in [-0.2, -0.15) is 0 Å². The minimum Gasteiger partial charge on any atom is -0.353 e. The molecule has 4 heteroatoms. The van der Waals surface area contributed by atoms with Crippen LogP contribution in [0.5, 0.6) is 0 Å². The monoisotopic (exact) mass is 218 g/mol. The van der Waals surface area contributed by atoms with Gasteiger partial charge in [-0.25, -0.2) is 9.97 Å². The van der Waals surface area contributed by atoms with Gasteiger partial charge in [0, 0.05) is 24.8 Å². The van der Waals surface area contributed by atoms with E-state index in [-0.39, 0.29) is 5.54 Å². The maximum atomic E-state index is 6.33. The van der Waals surface area contributed by atoms with Crippen LogP contribution in [0.4, 0.5) is 5.82 Å². The molecule has 4 nitrogen and oxygen atoms in total. The van der Waals surface area contributed by atoms with Crippen molar-refractivity contribution >= 4 is 5.82 Å². The molecule has 16 heavy (non-hydrogen) atoms. The van der Waals surface area contributed by atoms with Crippen molar-refractivity contribution in [2.75, 3.05) is 18.0 Å². The van der Waals surface area contributed by atoms with Crippen LogP contribution >= 0.6 is 0 Å². The maximum absolute atomic E-state index is 6.33. The van der Waals surface area contributed by atoms with Crippen molar-refractivity contribution in [2.45, 2.75) is 32.2 Å². The fourth-order valence-corrected chi connectivity index (χ4v) is 2.60. The molecule has 0 atom stereocenters. The molecule has 3 rings (SSSR count). The maximum Gasteiger partial charge on any atom is 0.132 e. The van der Waals surface area contributed by atoms with Gasteiger partial charge in [-0.3, -0.25) is 0 Å². The molecule has 0 bridgehead atoms. The molecule has 2 aliphatic rings. The van der Waals surface area contributed by atoms with Gasteiger partial charge >= 0.3 is 0 Å². The van der Waals surface area contributed by atoms with Crippen molar-refractivity contribution in [3.63, 3.8) is 0 Å². The van der Waals surface area contributed by atoms with E-state index in [2.05, 4.69) is 14.9 Å². The molecular weight excluding hydrogens is 200 g/mol. The molecule has 1 aliphatic carbocycles. The van der Waals surface area contributed by atoms with Gasteiger partial charge < -0.3 is 10.6 Å². The first kappa shape index (κ1) is 10.0. The average Bonchev–Trinajstić information content (AvgIpc) is 2.94. The summed E-state index contributed by atoms with van der Waals surface area (Å²) in [5.74, 6) is 2.63. The molecule has 86 valence electrons. The summed E-state index contributed by atoms with van der Waals surface area (Å²) in [5.41, 5.74) is 7.42. The molecule has 1 aliphatic heterocycles. The van der Waals surface area contributed by atoms with Crippen LogP contribution in [0.25, 0.3) is 0 Å². The van der Waals surface area contributed by atoms with Crippen LogP contribution in [0.2, 0.25) is 0 Å². The predicted octanol–water partition coefficient (Wildman–Crippen LogP) is 1.02. The molecule has 1 saturated carbocycles. The Morgan fingerprint density at radius 3 is 2.56 bits per heavy atom. The van der Waals surface area contributed by atoms with Crippen molar-refractivity contribution < 1.29 is 0 Å². The minimum atomic E-state index is 0.0623. The first-order valence-electron chi connectivity index (χ1n) is 5.93. The smallest absolute Gasteiger partial charge is 0.132 e. The summed E-state index contributed by atoms with van der Waals surface area (Å²) < 4.78 is 0. The van der Waals surface area contributed by atoms with E-state index in [0.29, 0.717) is 0 Å². The largest absolute Gasteiger partial charge is 0.353 e. The Hall–Kier alpha value is -1.16. The Morgan fingerprint density at radius 1 is 1.31 bits per heavy atom. The molecule has 1 aromatic rings. The molecule has 1 saturated heterocycles. The third-order valence-corrected chi connectivity index (χ3v) is 3.64. The predicted molar refractivity (Wildman–Crippen MR) is 63.4 cm³/mol. The zero-order valence-electron chi connectivity index (χ0n) is 9.90. The van der Waals surface area contributed by atoms with Gasteiger partial charge in [0.15, 0.2) is 0 Å². The number of hydrogen-bond donors (Lipinski definition) is 1. The number of aromatic nitrogens is 2. The van der Waals surface area contributed by atoms with Crippen LogP contribution in [0.3, 0.4) is 0 Å². The second-order valence-electron chi connectivity index (χ2n) is 5.28. The van der Waals surface area contributed by atoms with Crippen molar-refractivity contribution in [1.82, 2.24) is 9.97 Å². The second-order valence-corrected chi connectivity index (χ2v) is 5.28. The van der Waals surface area contributed by atoms with Crippen LogP contribution in [0.1, 0.15) is 24.4 Å². The minimum absolute atomic E-state index is 0.0623. The summed E-state index contributed by atoms with van der Waals surface area (Å²) in [6, 6.07) is 2.04. The average molecular weight is 218 g/mol. The molecule has 2 fully saturated rings. The number of nitrogens with zero attached hydrogens (tertiary/aromatic N) is 3. The summed E-state index contributed by atoms with van der Waals surface area (Å²) in [6.45, 7) is 5.85. The van der Waals surface area contributed by atoms with Crippen LogP contribution in [-0.2, 0) is 0 Å². The lowest BCUT2D eigenvalue weighted by molar-refractivity contribution is 0.289. The fraction of sp³-hybridized carbons (Fsp3) is 0.667. The van der Waals surface area contributed by atoms with Crippen LogP contribution < -0.4 is 10.6 Å². The van der Waals surface area contributed by atoms with Gasteiger partial charge in [0.1, 0.15) is 11.6 Å². The van der Waals surface area contributed by atoms with E-state index in [0.717, 1.165) is 36.3 Å². The highest BCUT2D eigenvalue weighted by Crippen LogP contribution is 2.43. The molecule has 0 amide bonds. The molecule has 0 radical (unpaired) electrons. The van der Waals surface area contributed by atoms with Crippen molar-refractivity contribution in [1.29, 1.82) is 0 Å². The highest BCUT2D eigenvalue weighted by atomic mass is 15.3. The third kappa shape index (κ3) is 1.57. The normalized spacial score (nSPS) is 23.1. The number of nitrogens with two attached hydrogens (primary N) is 1. The van der Waals surface area contributed by atoms with Gasteiger partial charge in [-0.05, 0) is 32.6 Å². The first-order chi connectivity index (χ1) is 7.57. The molecule has 2 N–H and O–H groups in total. The summed E-state index contributed by atoms with van der Waals surface area (Å²) >= 11 is 0. The topological polar surface area (TPSA) is 55.0 Å². The molecular formula is C12H18N4. The van der Waals surface area contributed by atoms with Gasteiger partial charge in [0.25, 0.3) is 0 Å². The third-order valence-electron chi connectivity index (χ3n) is 3.64. The Bertz CT molecular complexity index is 399. The summed E-state index contributed by atoms with van der Waals surface area (Å²) in [5, 5.41) is 0. The van der Waals surface area contributed by atoms with Gasteiger partial charge in [-0.15, -0.1) is 0 Å². The Labute approximate surface area is 95.9 Å². The van der Waals surface area contributed by atoms with E-state index < -0.39 is 0 Å². The van der Waals surface area contributed by atoms with Gasteiger partial charge in [0.2, 0.25) is 0 Å². The Kier molecular flexibility index (Phi) is 1.98. The Balaban J connectivity index is 1.75. The highest BCUT2D eigenvalue weighted by Gasteiger charge is 2.50. The van der Waals surface area contributed by atoms with E-state index in [1.54, 1.807) is 0 Å². The molecule has 2 heterocycles. The fourth-order valence-electron chi connectivity index (χ4n) is 2.60. The molecule has 1 aromatic heterocycles. The molecule has 0 aromatic carbocycles. The van der Waals surface area contributed by atoms with E-state index in [9.17, 15) is 0 Å². The zero-order valence-corrected chi connectivity index (χ0v) is 9.90. The van der Waals surface area contributed by atoms with Crippen LogP contribution in [0, 0.1) is 19.8 Å². The highest BCUT2D eigenvalue weighted by molar-refractivity contribution is 5.46. The lowest BCUT2D eigenvalue weighted by atomic mass is 9.86. The first-order valence-corrected chi connectivity index (χ1v) is 5.93. The summed E-state index contributed by atoms with van der Waals surface area (Å²) in [6.07, 6.45) is 2.62. The SMILES string of the molecule is Cc1cc(N2CC(N)(C3CC3)C2)nc(C)n1. The van der Waals surface area contributed by atoms with Crippen LogP contribution in [-0.4, -0.2) is 28.6 Å². The van der Waals surface area contributed by atoms with Gasteiger partial charge in [0.05, 0.1) is 5.54 Å². The van der Waals surface area contributed by atoms with E-state index in [1.165, 1.54) is 12.8 Å². The van der Waals surface area contributed by atoms with Crippen molar-refractivity contribution in [3.05, 3.63) is 17.6 Å². The zero-order chi connectivity index (χ0) is 11.3. The lowest BCUT2D eigenvalue weighted by Crippen LogP contribution is -2.69. The Morgan fingerprint density at radius 2 is 2.00 bits per heavy atom. The summed E-state index contributed by atoms with van der Waals surface area (Å²) in [4.78, 5) is 11.0. The van der Waals surface area contributed by atoms with Crippen LogP contribution in [0.15, 0.2) is 6.07 Å². The molecule has 0 spiro atoms. The second kappa shape index (κ2) is 3.17. The number of rotatable bonds is 2. The van der Waals surface area contributed by atoms with E-state index in [1.807, 2.05) is 19.9 Å². The van der Waals surface area contributed by atoms with Crippen molar-refractivity contribution in [3.8, 4) is 0 Å². The lowest BCUT2D eigenvalue weighted by Gasteiger charge is -2.49. The van der Waals surface area contributed by atoms with Crippen molar-refractivity contribution in [2.24, 2.45) is 11.7 Å². The van der Waals surface area contributed by atoms with E-state index >= 15 is 0 Å². The van der Waals surface area contributed by atoms with Gasteiger partial charge in [-0.1, -0.05) is 0 Å². The number of hydrogen-bond acceptors (Lipinski definition) is 4. The van der Waals surface area contributed by atoms with E-state index in [4.69, 9.17) is 5.73 Å². The quantitative estimate of drug-likeness (QED) is 0.805.